The van der Waals surface area contributed by atoms with Crippen LogP contribution in [-0.2, 0) is 11.2 Å². The Hall–Kier alpha value is -0.290. The summed E-state index contributed by atoms with van der Waals surface area (Å²) in [5, 5.41) is 2.81. The fraction of sp³-hybridized carbons (Fsp3) is 0.583. The normalized spacial score (nSPS) is 11.6. The summed E-state index contributed by atoms with van der Waals surface area (Å²) in [5.41, 5.74) is 6.42. The quantitative estimate of drug-likeness (QED) is 0.847. The summed E-state index contributed by atoms with van der Waals surface area (Å²) in [4.78, 5) is 11.5. The molecule has 0 bridgehead atoms. The van der Waals surface area contributed by atoms with Crippen molar-refractivity contribution in [2.45, 2.75) is 38.6 Å². The van der Waals surface area contributed by atoms with E-state index in [1.807, 2.05) is 19.9 Å². The molecule has 0 aromatic carbocycles. The van der Waals surface area contributed by atoms with Gasteiger partial charge >= 0.3 is 0 Å². The van der Waals surface area contributed by atoms with Crippen LogP contribution in [0.3, 0.4) is 0 Å². The number of hydrogen-bond acceptors (Lipinski definition) is 3. The number of rotatable bonds is 6. The van der Waals surface area contributed by atoms with E-state index in [0.717, 1.165) is 18.4 Å². The number of halogens is 2. The lowest BCUT2D eigenvalue weighted by Gasteiger charge is -2.18. The van der Waals surface area contributed by atoms with Crippen LogP contribution < -0.4 is 11.1 Å². The molecule has 6 heteroatoms. The first-order chi connectivity index (χ1) is 8.28. The summed E-state index contributed by atoms with van der Waals surface area (Å²) in [6, 6.07) is 1.86. The monoisotopic (exact) mass is 308 g/mol. The topological polar surface area (TPSA) is 55.1 Å². The summed E-state index contributed by atoms with van der Waals surface area (Å²) < 4.78 is 1.40. The van der Waals surface area contributed by atoms with Gasteiger partial charge < -0.3 is 11.1 Å². The SMILES string of the molecule is CC(C)(N)CNC(=O)CCCc1cc(Cl)sc1Cl. The molecule has 1 rings (SSSR count). The molecule has 0 saturated heterocycles. The van der Waals surface area contributed by atoms with E-state index < -0.39 is 0 Å². The number of carbonyl (C=O) groups excluding carboxylic acids is 1. The molecule has 0 aliphatic carbocycles. The van der Waals surface area contributed by atoms with Crippen molar-refractivity contribution in [3.05, 3.63) is 20.3 Å². The third kappa shape index (κ3) is 6.05. The number of hydrogen-bond donors (Lipinski definition) is 2. The first-order valence-electron chi connectivity index (χ1n) is 5.77. The number of amides is 1. The summed E-state index contributed by atoms with van der Waals surface area (Å²) in [6.07, 6.45) is 1.99. The lowest BCUT2D eigenvalue weighted by Crippen LogP contribution is -2.45. The third-order valence-corrected chi connectivity index (χ3v) is 3.89. The minimum Gasteiger partial charge on any atom is -0.354 e. The largest absolute Gasteiger partial charge is 0.354 e. The van der Waals surface area contributed by atoms with Gasteiger partial charge in [0.1, 0.15) is 0 Å². The van der Waals surface area contributed by atoms with Crippen molar-refractivity contribution in [2.75, 3.05) is 6.54 Å². The lowest BCUT2D eigenvalue weighted by molar-refractivity contribution is -0.121. The standard InChI is InChI=1S/C12H18Cl2N2OS/c1-12(2,15)7-16-10(17)5-3-4-8-6-9(13)18-11(8)14/h6H,3-5,7,15H2,1-2H3,(H,16,17). The molecule has 1 aromatic heterocycles. The molecule has 18 heavy (non-hydrogen) atoms. The lowest BCUT2D eigenvalue weighted by atomic mass is 10.1. The minimum atomic E-state index is -0.375. The van der Waals surface area contributed by atoms with Crippen molar-refractivity contribution < 1.29 is 4.79 Å². The molecule has 0 unspecified atom stereocenters. The zero-order valence-electron chi connectivity index (χ0n) is 10.6. The average Bonchev–Trinajstić information content (AvgIpc) is 2.54. The van der Waals surface area contributed by atoms with E-state index in [0.29, 0.717) is 21.6 Å². The Bertz CT molecular complexity index is 413. The Morgan fingerprint density at radius 2 is 2.17 bits per heavy atom. The van der Waals surface area contributed by atoms with Crippen LogP contribution in [-0.4, -0.2) is 18.0 Å². The van der Waals surface area contributed by atoms with Gasteiger partial charge in [0.2, 0.25) is 5.91 Å². The van der Waals surface area contributed by atoms with Gasteiger partial charge in [0.05, 0.1) is 8.67 Å². The summed E-state index contributed by atoms with van der Waals surface area (Å²) in [7, 11) is 0. The molecular weight excluding hydrogens is 291 g/mol. The van der Waals surface area contributed by atoms with Crippen molar-refractivity contribution >= 4 is 40.4 Å². The van der Waals surface area contributed by atoms with Crippen LogP contribution in [0.25, 0.3) is 0 Å². The smallest absolute Gasteiger partial charge is 0.220 e. The molecule has 0 spiro atoms. The summed E-state index contributed by atoms with van der Waals surface area (Å²) in [6.45, 7) is 4.23. The zero-order chi connectivity index (χ0) is 13.8. The highest BCUT2D eigenvalue weighted by molar-refractivity contribution is 7.20. The highest BCUT2D eigenvalue weighted by Gasteiger charge is 2.12. The van der Waals surface area contributed by atoms with Crippen molar-refractivity contribution in [3.8, 4) is 0 Å². The number of nitrogens with two attached hydrogens (primary N) is 1. The molecule has 1 heterocycles. The maximum absolute atomic E-state index is 11.5. The Morgan fingerprint density at radius 3 is 2.67 bits per heavy atom. The van der Waals surface area contributed by atoms with Gasteiger partial charge in [-0.15, -0.1) is 11.3 Å². The first kappa shape index (κ1) is 15.8. The third-order valence-electron chi connectivity index (χ3n) is 2.32. The second-order valence-corrected chi connectivity index (χ2v) is 7.25. The van der Waals surface area contributed by atoms with Crippen molar-refractivity contribution in [2.24, 2.45) is 5.73 Å². The van der Waals surface area contributed by atoms with Crippen LogP contribution in [0.4, 0.5) is 0 Å². The van der Waals surface area contributed by atoms with Crippen LogP contribution in [0.15, 0.2) is 6.07 Å². The van der Waals surface area contributed by atoms with E-state index in [9.17, 15) is 4.79 Å². The van der Waals surface area contributed by atoms with Crippen molar-refractivity contribution in [1.29, 1.82) is 0 Å². The van der Waals surface area contributed by atoms with Gasteiger partial charge in [-0.05, 0) is 38.3 Å². The molecule has 3 N–H and O–H groups in total. The van der Waals surface area contributed by atoms with Crippen LogP contribution in [0.5, 0.6) is 0 Å². The number of thiophene rings is 1. The molecule has 102 valence electrons. The van der Waals surface area contributed by atoms with Gasteiger partial charge in [-0.1, -0.05) is 23.2 Å². The Balaban J connectivity index is 2.26. The van der Waals surface area contributed by atoms with E-state index in [2.05, 4.69) is 5.32 Å². The Morgan fingerprint density at radius 1 is 1.50 bits per heavy atom. The van der Waals surface area contributed by atoms with Gasteiger partial charge in [0.25, 0.3) is 0 Å². The molecule has 0 aliphatic rings. The van der Waals surface area contributed by atoms with Crippen LogP contribution in [0.1, 0.15) is 32.3 Å². The van der Waals surface area contributed by atoms with Crippen molar-refractivity contribution in [1.82, 2.24) is 5.32 Å². The Kier molecular flexibility index (Phi) is 5.92. The summed E-state index contributed by atoms with van der Waals surface area (Å²) >= 11 is 13.2. The van der Waals surface area contributed by atoms with E-state index in [1.165, 1.54) is 11.3 Å². The van der Waals surface area contributed by atoms with Gasteiger partial charge in [-0.2, -0.15) is 0 Å². The fourth-order valence-corrected chi connectivity index (χ4v) is 2.94. The molecule has 3 nitrogen and oxygen atoms in total. The van der Waals surface area contributed by atoms with E-state index in [1.54, 1.807) is 0 Å². The van der Waals surface area contributed by atoms with Crippen LogP contribution in [0.2, 0.25) is 8.67 Å². The molecule has 0 fully saturated rings. The van der Waals surface area contributed by atoms with Gasteiger partial charge in [-0.3, -0.25) is 4.79 Å². The molecule has 0 atom stereocenters. The highest BCUT2D eigenvalue weighted by atomic mass is 35.5. The zero-order valence-corrected chi connectivity index (χ0v) is 12.9. The van der Waals surface area contributed by atoms with E-state index >= 15 is 0 Å². The fourth-order valence-electron chi connectivity index (χ4n) is 1.40. The number of nitrogens with one attached hydrogen (secondary N) is 1. The minimum absolute atomic E-state index is 0.0194. The molecule has 0 radical (unpaired) electrons. The van der Waals surface area contributed by atoms with Gasteiger partial charge in [0, 0.05) is 18.5 Å². The molecule has 0 saturated carbocycles. The average molecular weight is 309 g/mol. The summed E-state index contributed by atoms with van der Waals surface area (Å²) in [5.74, 6) is 0.0194. The predicted molar refractivity (Wildman–Crippen MR) is 78.6 cm³/mol. The maximum Gasteiger partial charge on any atom is 0.220 e. The van der Waals surface area contributed by atoms with Crippen LogP contribution in [0, 0.1) is 0 Å². The van der Waals surface area contributed by atoms with Gasteiger partial charge in [0.15, 0.2) is 0 Å². The van der Waals surface area contributed by atoms with E-state index in [-0.39, 0.29) is 11.4 Å². The second kappa shape index (κ2) is 6.75. The van der Waals surface area contributed by atoms with Crippen molar-refractivity contribution in [3.63, 3.8) is 0 Å². The first-order valence-corrected chi connectivity index (χ1v) is 7.34. The maximum atomic E-state index is 11.5. The number of carbonyl (C=O) groups is 1. The number of aryl methyl sites for hydroxylation is 1. The highest BCUT2D eigenvalue weighted by Crippen LogP contribution is 2.31. The molecular formula is C12H18Cl2N2OS. The second-order valence-electron chi connectivity index (χ2n) is 4.97. The molecule has 1 amide bonds. The van der Waals surface area contributed by atoms with Gasteiger partial charge in [-0.25, -0.2) is 0 Å². The molecule has 0 aliphatic heterocycles. The Labute approximate surface area is 122 Å². The predicted octanol–water partition coefficient (Wildman–Crippen LogP) is 3.23. The molecule has 1 aromatic rings. The van der Waals surface area contributed by atoms with Crippen LogP contribution >= 0.6 is 34.5 Å². The van der Waals surface area contributed by atoms with E-state index in [4.69, 9.17) is 28.9 Å².